The molecule has 3 N–H and O–H groups in total. The van der Waals surface area contributed by atoms with Crippen LogP contribution >= 0.6 is 23.2 Å². The zero-order valence-electron chi connectivity index (χ0n) is 19.1. The molecule has 3 aromatic rings. The quantitative estimate of drug-likeness (QED) is 0.445. The van der Waals surface area contributed by atoms with Crippen LogP contribution in [-0.4, -0.2) is 47.0 Å². The second kappa shape index (κ2) is 10.3. The number of fused-ring (bicyclic) bond motifs is 1. The van der Waals surface area contributed by atoms with E-state index in [2.05, 4.69) is 16.0 Å². The zero-order chi connectivity index (χ0) is 24.4. The molecule has 5 rings (SSSR count). The Kier molecular flexibility index (Phi) is 6.92. The van der Waals surface area contributed by atoms with Crippen LogP contribution in [0.5, 0.6) is 0 Å². The normalized spacial score (nSPS) is 18.5. The number of nitrogens with zero attached hydrogens (tertiary/aromatic N) is 3. The van der Waals surface area contributed by atoms with E-state index in [1.54, 1.807) is 18.2 Å². The second-order valence-electron chi connectivity index (χ2n) is 8.89. The highest BCUT2D eigenvalue weighted by molar-refractivity contribution is 6.35. The third-order valence-corrected chi connectivity index (χ3v) is 7.02. The number of amides is 2. The monoisotopic (exact) mass is 512 g/mol. The molecular formula is C25H26Cl2N6O2. The van der Waals surface area contributed by atoms with Gasteiger partial charge < -0.3 is 20.9 Å². The lowest BCUT2D eigenvalue weighted by molar-refractivity contribution is -0.126. The van der Waals surface area contributed by atoms with Crippen molar-refractivity contribution in [2.45, 2.75) is 44.2 Å². The molecule has 0 spiro atoms. The number of anilines is 3. The summed E-state index contributed by atoms with van der Waals surface area (Å²) in [5.74, 6) is 0.590. The molecule has 35 heavy (non-hydrogen) atoms. The van der Waals surface area contributed by atoms with Gasteiger partial charge in [-0.1, -0.05) is 48.2 Å². The largest absolute Gasteiger partial charge is 0.367 e. The third kappa shape index (κ3) is 5.28. The van der Waals surface area contributed by atoms with Crippen LogP contribution in [-0.2, 0) is 9.59 Å². The van der Waals surface area contributed by atoms with Crippen molar-refractivity contribution in [3.05, 3.63) is 52.5 Å². The molecule has 1 aliphatic heterocycles. The Hall–Kier alpha value is -3.10. The van der Waals surface area contributed by atoms with E-state index in [0.29, 0.717) is 40.8 Å². The Morgan fingerprint density at radius 1 is 1.11 bits per heavy atom. The molecule has 182 valence electrons. The molecule has 2 fully saturated rings. The maximum absolute atomic E-state index is 12.9. The molecule has 1 aromatic heterocycles. The second-order valence-corrected chi connectivity index (χ2v) is 9.74. The Morgan fingerprint density at radius 3 is 2.74 bits per heavy atom. The van der Waals surface area contributed by atoms with Crippen LogP contribution in [0.3, 0.4) is 0 Å². The fourth-order valence-electron chi connectivity index (χ4n) is 4.69. The first-order valence-electron chi connectivity index (χ1n) is 11.8. The van der Waals surface area contributed by atoms with Crippen LogP contribution in [0, 0.1) is 0 Å². The maximum Gasteiger partial charge on any atom is 0.243 e. The number of rotatable bonds is 6. The van der Waals surface area contributed by atoms with Gasteiger partial charge in [0.2, 0.25) is 17.8 Å². The van der Waals surface area contributed by atoms with E-state index in [0.717, 1.165) is 29.6 Å². The standard InChI is InChI=1S/C25H26Cl2N6O2/c26-15-9-10-18(27)20(13-15)30-22(34)14-21-24(35)28-11-12-33(21)25-31-19-8-4-3-7-17(19)23(32-25)29-16-5-1-2-6-16/h3-4,7-10,13,16,21H,1-2,5-6,11-12,14H2,(H,28,35)(H,30,34)(H,29,31,32). The van der Waals surface area contributed by atoms with E-state index in [1.807, 2.05) is 29.2 Å². The molecule has 2 amide bonds. The van der Waals surface area contributed by atoms with Gasteiger partial charge in [0, 0.05) is 29.5 Å². The molecule has 1 saturated heterocycles. The first-order valence-corrected chi connectivity index (χ1v) is 12.6. The Labute approximate surface area is 213 Å². The minimum absolute atomic E-state index is 0.0871. The van der Waals surface area contributed by atoms with Crippen molar-refractivity contribution in [2.24, 2.45) is 0 Å². The lowest BCUT2D eigenvalue weighted by Gasteiger charge is -2.35. The van der Waals surface area contributed by atoms with Gasteiger partial charge in [-0.05, 0) is 43.2 Å². The van der Waals surface area contributed by atoms with Gasteiger partial charge in [0.05, 0.1) is 22.6 Å². The first-order chi connectivity index (χ1) is 17.0. The SMILES string of the molecule is O=C(CC1C(=O)NCCN1c1nc(NC2CCCC2)c2ccccc2n1)Nc1cc(Cl)ccc1Cl. The summed E-state index contributed by atoms with van der Waals surface area (Å²) in [6, 6.07) is 12.3. The number of para-hydroxylation sites is 1. The van der Waals surface area contributed by atoms with Gasteiger partial charge >= 0.3 is 0 Å². The van der Waals surface area contributed by atoms with Crippen LogP contribution in [0.25, 0.3) is 10.9 Å². The summed E-state index contributed by atoms with van der Waals surface area (Å²) in [5.41, 5.74) is 1.19. The van der Waals surface area contributed by atoms with Crippen molar-refractivity contribution < 1.29 is 9.59 Å². The number of aromatic nitrogens is 2. The number of carbonyl (C=O) groups excluding carboxylic acids is 2. The molecule has 2 aromatic carbocycles. The number of halogens is 2. The van der Waals surface area contributed by atoms with Gasteiger partial charge in [-0.15, -0.1) is 0 Å². The summed E-state index contributed by atoms with van der Waals surface area (Å²) in [4.78, 5) is 37.2. The molecule has 0 radical (unpaired) electrons. The molecule has 10 heteroatoms. The molecule has 8 nitrogen and oxygen atoms in total. The van der Waals surface area contributed by atoms with E-state index in [1.165, 1.54) is 12.8 Å². The van der Waals surface area contributed by atoms with Crippen LogP contribution in [0.1, 0.15) is 32.1 Å². The summed E-state index contributed by atoms with van der Waals surface area (Å²) >= 11 is 12.2. The smallest absolute Gasteiger partial charge is 0.243 e. The number of benzene rings is 2. The van der Waals surface area contributed by atoms with Crippen LogP contribution in [0.15, 0.2) is 42.5 Å². The Balaban J connectivity index is 1.43. The van der Waals surface area contributed by atoms with Gasteiger partial charge in [-0.3, -0.25) is 9.59 Å². The zero-order valence-corrected chi connectivity index (χ0v) is 20.6. The number of nitrogens with one attached hydrogen (secondary N) is 3. The van der Waals surface area contributed by atoms with Crippen LogP contribution in [0.2, 0.25) is 10.0 Å². The van der Waals surface area contributed by atoms with E-state index in [4.69, 9.17) is 33.2 Å². The number of hydrogen-bond acceptors (Lipinski definition) is 6. The van der Waals surface area contributed by atoms with Crippen LogP contribution < -0.4 is 20.9 Å². The van der Waals surface area contributed by atoms with Gasteiger partial charge in [0.1, 0.15) is 11.9 Å². The molecule has 1 atom stereocenters. The average Bonchev–Trinajstić information content (AvgIpc) is 3.36. The molecule has 1 aliphatic carbocycles. The van der Waals surface area contributed by atoms with Crippen molar-refractivity contribution in [2.75, 3.05) is 28.6 Å². The predicted molar refractivity (Wildman–Crippen MR) is 139 cm³/mol. The minimum Gasteiger partial charge on any atom is -0.367 e. The fourth-order valence-corrected chi connectivity index (χ4v) is 5.03. The van der Waals surface area contributed by atoms with Gasteiger partial charge in [0.25, 0.3) is 0 Å². The molecule has 1 unspecified atom stereocenters. The van der Waals surface area contributed by atoms with Crippen molar-refractivity contribution in [1.82, 2.24) is 15.3 Å². The van der Waals surface area contributed by atoms with E-state index >= 15 is 0 Å². The number of hydrogen-bond donors (Lipinski definition) is 3. The summed E-state index contributed by atoms with van der Waals surface area (Å²) in [7, 11) is 0. The van der Waals surface area contributed by atoms with Crippen molar-refractivity contribution in [1.29, 1.82) is 0 Å². The van der Waals surface area contributed by atoms with Crippen LogP contribution in [0.4, 0.5) is 17.5 Å². The predicted octanol–water partition coefficient (Wildman–Crippen LogP) is 4.62. The minimum atomic E-state index is -0.762. The average molecular weight is 513 g/mol. The Bertz CT molecular complexity index is 1260. The van der Waals surface area contributed by atoms with Gasteiger partial charge in [-0.25, -0.2) is 4.98 Å². The maximum atomic E-state index is 12.9. The van der Waals surface area contributed by atoms with E-state index in [9.17, 15) is 9.59 Å². The highest BCUT2D eigenvalue weighted by atomic mass is 35.5. The topological polar surface area (TPSA) is 99.2 Å². The molecule has 2 heterocycles. The van der Waals surface area contributed by atoms with Gasteiger partial charge in [0.15, 0.2) is 0 Å². The third-order valence-electron chi connectivity index (χ3n) is 6.46. The first kappa shape index (κ1) is 23.6. The molecule has 0 bridgehead atoms. The lowest BCUT2D eigenvalue weighted by atomic mass is 10.1. The lowest BCUT2D eigenvalue weighted by Crippen LogP contribution is -2.57. The molecular weight excluding hydrogens is 487 g/mol. The number of carbonyl (C=O) groups is 2. The van der Waals surface area contributed by atoms with Crippen molar-refractivity contribution >= 4 is 63.4 Å². The van der Waals surface area contributed by atoms with E-state index in [-0.39, 0.29) is 18.2 Å². The van der Waals surface area contributed by atoms with Gasteiger partial charge in [-0.2, -0.15) is 4.98 Å². The Morgan fingerprint density at radius 2 is 1.91 bits per heavy atom. The van der Waals surface area contributed by atoms with Crippen molar-refractivity contribution in [3.8, 4) is 0 Å². The fraction of sp³-hybridized carbons (Fsp3) is 0.360. The number of piperazine rings is 1. The highest BCUT2D eigenvalue weighted by Crippen LogP contribution is 2.30. The van der Waals surface area contributed by atoms with E-state index < -0.39 is 6.04 Å². The summed E-state index contributed by atoms with van der Waals surface area (Å²) in [6.45, 7) is 0.932. The molecule has 2 aliphatic rings. The highest BCUT2D eigenvalue weighted by Gasteiger charge is 2.34. The summed E-state index contributed by atoms with van der Waals surface area (Å²) < 4.78 is 0. The molecule has 1 saturated carbocycles. The summed E-state index contributed by atoms with van der Waals surface area (Å²) in [5, 5.41) is 11.0. The van der Waals surface area contributed by atoms with Crippen molar-refractivity contribution in [3.63, 3.8) is 0 Å². The summed E-state index contributed by atoms with van der Waals surface area (Å²) in [6.07, 6.45) is 4.53.